The van der Waals surface area contributed by atoms with Crippen molar-refractivity contribution in [2.24, 2.45) is 11.1 Å². The monoisotopic (exact) mass is 275 g/mol. The van der Waals surface area contributed by atoms with Crippen molar-refractivity contribution >= 4 is 18.4 Å². The predicted octanol–water partition coefficient (Wildman–Crippen LogP) is 1.72. The normalized spacial score (nSPS) is 12.4. The molecule has 1 aromatic carbocycles. The highest BCUT2D eigenvalue weighted by atomic mass is 35.5. The van der Waals surface area contributed by atoms with Crippen LogP contribution >= 0.6 is 12.4 Å². The number of halogens is 1. The fourth-order valence-corrected chi connectivity index (χ4v) is 1.57. The third-order valence-electron chi connectivity index (χ3n) is 2.84. The number of hydrogen-bond acceptors (Lipinski definition) is 5. The first-order chi connectivity index (χ1) is 7.80. The second kappa shape index (κ2) is 5.93. The fourth-order valence-electron chi connectivity index (χ4n) is 1.57. The van der Waals surface area contributed by atoms with Crippen molar-refractivity contribution in [1.82, 2.24) is 0 Å². The summed E-state index contributed by atoms with van der Waals surface area (Å²) in [7, 11) is 1.29. The van der Waals surface area contributed by atoms with Crippen molar-refractivity contribution < 1.29 is 19.7 Å². The van der Waals surface area contributed by atoms with Gasteiger partial charge in [0.25, 0.3) is 0 Å². The molecule has 0 radical (unpaired) electrons. The molecule has 0 saturated carbocycles. The van der Waals surface area contributed by atoms with Gasteiger partial charge < -0.3 is 20.7 Å². The van der Waals surface area contributed by atoms with Crippen molar-refractivity contribution in [1.29, 1.82) is 0 Å². The molecule has 6 heteroatoms. The van der Waals surface area contributed by atoms with Crippen molar-refractivity contribution in [3.63, 3.8) is 0 Å². The number of methoxy groups -OCH3 is 1. The van der Waals surface area contributed by atoms with Gasteiger partial charge in [-0.1, -0.05) is 6.07 Å². The molecule has 1 rings (SSSR count). The van der Waals surface area contributed by atoms with Crippen molar-refractivity contribution in [3.05, 3.63) is 23.8 Å². The lowest BCUT2D eigenvalue weighted by atomic mass is 9.80. The van der Waals surface area contributed by atoms with E-state index in [0.29, 0.717) is 5.56 Å². The van der Waals surface area contributed by atoms with Crippen LogP contribution in [0.25, 0.3) is 0 Å². The summed E-state index contributed by atoms with van der Waals surface area (Å²) in [6, 6.07) is 3.35. The molecule has 5 nitrogen and oxygen atoms in total. The van der Waals surface area contributed by atoms with Gasteiger partial charge in [0.1, 0.15) is 11.5 Å². The molecule has 0 bridgehead atoms. The van der Waals surface area contributed by atoms with Gasteiger partial charge in [0, 0.05) is 17.7 Å². The maximum atomic E-state index is 11.6. The standard InChI is InChI=1S/C12H17NO4.ClH/c1-12(2,11(16)17-3)10(13)8-5-4-7(14)6-9(8)15;/h4-6,10,14-15H,13H2,1-3H3;1H/t10-;/m1./s1. The number of benzene rings is 1. The average molecular weight is 276 g/mol. The molecular formula is C12H18ClNO4. The molecule has 18 heavy (non-hydrogen) atoms. The first-order valence-electron chi connectivity index (χ1n) is 5.16. The lowest BCUT2D eigenvalue weighted by Crippen LogP contribution is -2.37. The Morgan fingerprint density at radius 3 is 2.39 bits per heavy atom. The van der Waals surface area contributed by atoms with Crippen LogP contribution in [0.5, 0.6) is 11.5 Å². The predicted molar refractivity (Wildman–Crippen MR) is 69.7 cm³/mol. The van der Waals surface area contributed by atoms with Gasteiger partial charge in [-0.15, -0.1) is 12.4 Å². The van der Waals surface area contributed by atoms with Gasteiger partial charge in [-0.25, -0.2) is 0 Å². The minimum Gasteiger partial charge on any atom is -0.508 e. The van der Waals surface area contributed by atoms with E-state index in [4.69, 9.17) is 5.73 Å². The first kappa shape index (κ1) is 16.5. The van der Waals surface area contributed by atoms with E-state index >= 15 is 0 Å². The number of carbonyl (C=O) groups is 1. The van der Waals surface area contributed by atoms with E-state index in [1.165, 1.54) is 25.3 Å². The van der Waals surface area contributed by atoms with E-state index in [2.05, 4.69) is 4.74 Å². The third kappa shape index (κ3) is 3.05. The molecule has 0 aliphatic heterocycles. The van der Waals surface area contributed by atoms with Crippen LogP contribution in [0.3, 0.4) is 0 Å². The number of phenols is 2. The molecular weight excluding hydrogens is 258 g/mol. The molecule has 0 amide bonds. The van der Waals surface area contributed by atoms with Crippen LogP contribution in [0, 0.1) is 5.41 Å². The van der Waals surface area contributed by atoms with Gasteiger partial charge in [0.2, 0.25) is 0 Å². The number of nitrogens with two attached hydrogens (primary N) is 1. The number of phenolic OH excluding ortho intramolecular Hbond substituents is 2. The molecule has 0 unspecified atom stereocenters. The Hall–Kier alpha value is -1.46. The van der Waals surface area contributed by atoms with E-state index < -0.39 is 17.4 Å². The Labute approximate surface area is 112 Å². The molecule has 0 aliphatic rings. The van der Waals surface area contributed by atoms with Crippen LogP contribution in [0.15, 0.2) is 18.2 Å². The molecule has 0 spiro atoms. The number of aromatic hydroxyl groups is 2. The maximum absolute atomic E-state index is 11.6. The Morgan fingerprint density at radius 2 is 1.94 bits per heavy atom. The molecule has 102 valence electrons. The number of hydrogen-bond donors (Lipinski definition) is 3. The molecule has 4 N–H and O–H groups in total. The second-order valence-electron chi connectivity index (χ2n) is 4.43. The highest BCUT2D eigenvalue weighted by Crippen LogP contribution is 2.37. The van der Waals surface area contributed by atoms with Crippen LogP contribution < -0.4 is 5.73 Å². The Kier molecular flexibility index (Phi) is 5.45. The SMILES string of the molecule is COC(=O)C(C)(C)[C@H](N)c1ccc(O)cc1O.Cl. The van der Waals surface area contributed by atoms with Gasteiger partial charge in [-0.3, -0.25) is 4.79 Å². The van der Waals surface area contributed by atoms with Crippen LogP contribution in [-0.4, -0.2) is 23.3 Å². The molecule has 0 heterocycles. The fraction of sp³-hybridized carbons (Fsp3) is 0.417. The van der Waals surface area contributed by atoms with Gasteiger partial charge in [0.15, 0.2) is 0 Å². The topological polar surface area (TPSA) is 92.8 Å². The maximum Gasteiger partial charge on any atom is 0.313 e. The van der Waals surface area contributed by atoms with Crippen LogP contribution in [-0.2, 0) is 9.53 Å². The molecule has 1 atom stereocenters. The zero-order valence-electron chi connectivity index (χ0n) is 10.5. The summed E-state index contributed by atoms with van der Waals surface area (Å²) in [6.45, 7) is 3.27. The molecule has 0 saturated heterocycles. The zero-order valence-corrected chi connectivity index (χ0v) is 11.3. The summed E-state index contributed by atoms with van der Waals surface area (Å²) in [5.41, 5.74) is 5.38. The summed E-state index contributed by atoms with van der Waals surface area (Å²) in [5.74, 6) is -0.665. The summed E-state index contributed by atoms with van der Waals surface area (Å²) in [5, 5.41) is 18.9. The number of carbonyl (C=O) groups excluding carboxylic acids is 1. The van der Waals surface area contributed by atoms with Gasteiger partial charge in [-0.2, -0.15) is 0 Å². The third-order valence-corrected chi connectivity index (χ3v) is 2.84. The molecule has 0 aliphatic carbocycles. The van der Waals surface area contributed by atoms with Gasteiger partial charge in [-0.05, 0) is 19.9 Å². The molecule has 0 fully saturated rings. The highest BCUT2D eigenvalue weighted by molar-refractivity contribution is 5.85. The van der Waals surface area contributed by atoms with Crippen LogP contribution in [0.2, 0.25) is 0 Å². The number of ether oxygens (including phenoxy) is 1. The second-order valence-corrected chi connectivity index (χ2v) is 4.43. The molecule has 0 aromatic heterocycles. The van der Waals surface area contributed by atoms with Crippen LogP contribution in [0.4, 0.5) is 0 Å². The largest absolute Gasteiger partial charge is 0.508 e. The highest BCUT2D eigenvalue weighted by Gasteiger charge is 2.37. The van der Waals surface area contributed by atoms with Crippen molar-refractivity contribution in [3.8, 4) is 11.5 Å². The summed E-state index contributed by atoms with van der Waals surface area (Å²) in [6.07, 6.45) is 0. The number of esters is 1. The van der Waals surface area contributed by atoms with Gasteiger partial charge >= 0.3 is 5.97 Å². The smallest absolute Gasteiger partial charge is 0.313 e. The molecule has 1 aromatic rings. The summed E-state index contributed by atoms with van der Waals surface area (Å²) in [4.78, 5) is 11.6. The first-order valence-corrected chi connectivity index (χ1v) is 5.16. The van der Waals surface area contributed by atoms with E-state index in [1.54, 1.807) is 13.8 Å². The van der Waals surface area contributed by atoms with E-state index in [-0.39, 0.29) is 23.9 Å². The lowest BCUT2D eigenvalue weighted by molar-refractivity contribution is -0.152. The Balaban J connectivity index is 0.00000289. The Bertz CT molecular complexity index is 434. The zero-order chi connectivity index (χ0) is 13.2. The number of rotatable bonds is 3. The summed E-state index contributed by atoms with van der Waals surface area (Å²) < 4.78 is 4.67. The van der Waals surface area contributed by atoms with E-state index in [9.17, 15) is 15.0 Å². The minimum atomic E-state index is -0.969. The van der Waals surface area contributed by atoms with Crippen molar-refractivity contribution in [2.75, 3.05) is 7.11 Å². The lowest BCUT2D eigenvalue weighted by Gasteiger charge is -2.29. The quantitative estimate of drug-likeness (QED) is 0.731. The summed E-state index contributed by atoms with van der Waals surface area (Å²) >= 11 is 0. The minimum absolute atomic E-state index is 0. The Morgan fingerprint density at radius 1 is 1.39 bits per heavy atom. The van der Waals surface area contributed by atoms with E-state index in [1.807, 2.05) is 0 Å². The van der Waals surface area contributed by atoms with Crippen molar-refractivity contribution in [2.45, 2.75) is 19.9 Å². The van der Waals surface area contributed by atoms with Crippen LogP contribution in [0.1, 0.15) is 25.5 Å². The van der Waals surface area contributed by atoms with Gasteiger partial charge in [0.05, 0.1) is 12.5 Å². The average Bonchev–Trinajstić information content (AvgIpc) is 2.27. The van der Waals surface area contributed by atoms with E-state index in [0.717, 1.165) is 0 Å².